The molecule has 84 valence electrons. The Bertz CT molecular complexity index is 471. The molecule has 2 aromatic heterocycles. The molecular weight excluding hydrogens is 260 g/mol. The number of rotatable bonds is 4. The largest absolute Gasteiger partial charge is 0.326 e. The second kappa shape index (κ2) is 5.62. The monoisotopic (exact) mass is 270 g/mol. The van der Waals surface area contributed by atoms with Crippen molar-refractivity contribution in [2.75, 3.05) is 6.26 Å². The highest BCUT2D eigenvalue weighted by Gasteiger charge is 2.08. The minimum Gasteiger partial charge on any atom is -0.326 e. The van der Waals surface area contributed by atoms with Crippen LogP contribution in [-0.2, 0) is 6.54 Å². The molecule has 2 heterocycles. The summed E-state index contributed by atoms with van der Waals surface area (Å²) in [6.45, 7) is 0.490. The lowest BCUT2D eigenvalue weighted by atomic mass is 10.3. The zero-order chi connectivity index (χ0) is 11.4. The normalized spacial score (nSPS) is 10.6. The lowest BCUT2D eigenvalue weighted by Gasteiger charge is -2.02. The fraction of sp³-hybridized carbons (Fsp3) is 0.222. The first-order chi connectivity index (χ1) is 7.83. The number of hydrogen-bond acceptors (Lipinski definition) is 7. The molecule has 2 N–H and O–H groups in total. The van der Waals surface area contributed by atoms with Gasteiger partial charge in [-0.2, -0.15) is 0 Å². The molecule has 0 amide bonds. The minimum absolute atomic E-state index is 0.490. The van der Waals surface area contributed by atoms with E-state index < -0.39 is 0 Å². The molecule has 0 aromatic carbocycles. The van der Waals surface area contributed by atoms with E-state index in [1.165, 1.54) is 11.8 Å². The van der Waals surface area contributed by atoms with E-state index in [1.807, 2.05) is 18.4 Å². The van der Waals surface area contributed by atoms with Crippen molar-refractivity contribution >= 4 is 34.9 Å². The van der Waals surface area contributed by atoms with E-state index in [9.17, 15) is 0 Å². The minimum atomic E-state index is 0.490. The Balaban J connectivity index is 2.19. The van der Waals surface area contributed by atoms with Crippen molar-refractivity contribution in [3.63, 3.8) is 0 Å². The van der Waals surface area contributed by atoms with Crippen LogP contribution in [0.25, 0.3) is 0 Å². The maximum absolute atomic E-state index is 5.65. The highest BCUT2D eigenvalue weighted by molar-refractivity contribution is 8.03. The molecule has 0 fully saturated rings. The first-order valence-corrected chi connectivity index (χ1v) is 7.38. The smallest absolute Gasteiger partial charge is 0.181 e. The Labute approximate surface area is 106 Å². The first-order valence-electron chi connectivity index (χ1n) is 4.53. The van der Waals surface area contributed by atoms with Crippen LogP contribution in [0.1, 0.15) is 5.56 Å². The van der Waals surface area contributed by atoms with E-state index in [2.05, 4.69) is 15.2 Å². The fourth-order valence-corrected chi connectivity index (χ4v) is 3.52. The van der Waals surface area contributed by atoms with E-state index in [-0.39, 0.29) is 0 Å². The number of pyridine rings is 1. The lowest BCUT2D eigenvalue weighted by molar-refractivity contribution is 0.940. The van der Waals surface area contributed by atoms with Gasteiger partial charge in [0.1, 0.15) is 5.03 Å². The van der Waals surface area contributed by atoms with Crippen LogP contribution in [0, 0.1) is 0 Å². The molecule has 0 saturated carbocycles. The molecular formula is C9H10N4S3. The Kier molecular flexibility index (Phi) is 4.16. The number of hydrogen-bond donors (Lipinski definition) is 1. The summed E-state index contributed by atoms with van der Waals surface area (Å²) in [5.41, 5.74) is 6.68. The Morgan fingerprint density at radius 3 is 2.88 bits per heavy atom. The maximum Gasteiger partial charge on any atom is 0.181 e. The van der Waals surface area contributed by atoms with Crippen molar-refractivity contribution in [3.8, 4) is 0 Å². The van der Waals surface area contributed by atoms with E-state index in [4.69, 9.17) is 5.73 Å². The summed E-state index contributed by atoms with van der Waals surface area (Å²) in [6, 6.07) is 3.87. The second-order valence-electron chi connectivity index (χ2n) is 2.81. The average molecular weight is 270 g/mol. The van der Waals surface area contributed by atoms with Gasteiger partial charge in [-0.05, 0) is 29.6 Å². The first kappa shape index (κ1) is 11.8. The van der Waals surface area contributed by atoms with Crippen molar-refractivity contribution in [2.45, 2.75) is 20.3 Å². The van der Waals surface area contributed by atoms with Crippen LogP contribution >= 0.6 is 34.9 Å². The molecule has 0 unspecified atom stereocenters. The molecule has 2 rings (SSSR count). The third-order valence-electron chi connectivity index (χ3n) is 1.82. The summed E-state index contributed by atoms with van der Waals surface area (Å²) < 4.78 is 1.87. The van der Waals surface area contributed by atoms with E-state index in [0.717, 1.165) is 19.3 Å². The average Bonchev–Trinajstić information content (AvgIpc) is 2.77. The SMILES string of the molecule is CSc1nnc(Sc2ncccc2CN)s1. The van der Waals surface area contributed by atoms with Gasteiger partial charge in [0.05, 0.1) is 0 Å². The molecule has 0 bridgehead atoms. The molecule has 0 aliphatic heterocycles. The molecule has 4 nitrogen and oxygen atoms in total. The predicted molar refractivity (Wildman–Crippen MR) is 67.9 cm³/mol. The third-order valence-corrected chi connectivity index (χ3v) is 4.83. The Hall–Kier alpha value is -0.630. The molecule has 2 aromatic rings. The molecule has 16 heavy (non-hydrogen) atoms. The number of thioether (sulfide) groups is 1. The highest BCUT2D eigenvalue weighted by Crippen LogP contribution is 2.33. The van der Waals surface area contributed by atoms with Gasteiger partial charge in [-0.3, -0.25) is 0 Å². The third kappa shape index (κ3) is 2.73. The van der Waals surface area contributed by atoms with E-state index >= 15 is 0 Å². The zero-order valence-corrected chi connectivity index (χ0v) is 11.0. The highest BCUT2D eigenvalue weighted by atomic mass is 32.2. The van der Waals surface area contributed by atoms with Crippen LogP contribution in [0.3, 0.4) is 0 Å². The quantitative estimate of drug-likeness (QED) is 0.860. The standard InChI is InChI=1S/C9H10N4S3/c1-14-8-12-13-9(16-8)15-7-6(5-10)3-2-4-11-7/h2-4H,5,10H2,1H3. The van der Waals surface area contributed by atoms with Gasteiger partial charge in [-0.25, -0.2) is 4.98 Å². The molecule has 0 radical (unpaired) electrons. The Morgan fingerprint density at radius 2 is 2.19 bits per heavy atom. The molecule has 0 saturated heterocycles. The van der Waals surface area contributed by atoms with Gasteiger partial charge in [-0.15, -0.1) is 10.2 Å². The molecule has 7 heteroatoms. The molecule has 0 aliphatic rings. The van der Waals surface area contributed by atoms with Crippen LogP contribution < -0.4 is 5.73 Å². The van der Waals surface area contributed by atoms with Crippen LogP contribution in [0.15, 0.2) is 32.0 Å². The van der Waals surface area contributed by atoms with Gasteiger partial charge in [0.25, 0.3) is 0 Å². The zero-order valence-electron chi connectivity index (χ0n) is 8.58. The van der Waals surface area contributed by atoms with Gasteiger partial charge < -0.3 is 5.73 Å². The van der Waals surface area contributed by atoms with Crippen molar-refractivity contribution in [1.29, 1.82) is 0 Å². The molecule has 0 aliphatic carbocycles. The van der Waals surface area contributed by atoms with Crippen LogP contribution in [0.2, 0.25) is 0 Å². The van der Waals surface area contributed by atoms with Gasteiger partial charge in [0.15, 0.2) is 8.68 Å². The van der Waals surface area contributed by atoms with Gasteiger partial charge in [0.2, 0.25) is 0 Å². The molecule has 0 spiro atoms. The second-order valence-corrected chi connectivity index (χ2v) is 6.08. The summed E-state index contributed by atoms with van der Waals surface area (Å²) in [4.78, 5) is 4.29. The predicted octanol–water partition coefficient (Wildman–Crippen LogP) is 2.26. The van der Waals surface area contributed by atoms with Crippen LogP contribution in [-0.4, -0.2) is 21.4 Å². The van der Waals surface area contributed by atoms with Crippen LogP contribution in [0.5, 0.6) is 0 Å². The molecule has 0 atom stereocenters. The summed E-state index contributed by atoms with van der Waals surface area (Å²) in [6.07, 6.45) is 3.75. The number of nitrogens with zero attached hydrogens (tertiary/aromatic N) is 3. The van der Waals surface area contributed by atoms with Gasteiger partial charge in [-0.1, -0.05) is 29.2 Å². The number of aromatic nitrogens is 3. The van der Waals surface area contributed by atoms with E-state index in [0.29, 0.717) is 6.54 Å². The topological polar surface area (TPSA) is 64.7 Å². The number of nitrogens with two attached hydrogens (primary N) is 1. The summed E-state index contributed by atoms with van der Waals surface area (Å²) in [5.74, 6) is 0. The Morgan fingerprint density at radius 1 is 1.38 bits per heavy atom. The van der Waals surface area contributed by atoms with Crippen LogP contribution in [0.4, 0.5) is 0 Å². The van der Waals surface area contributed by atoms with Gasteiger partial charge in [0, 0.05) is 12.7 Å². The lowest BCUT2D eigenvalue weighted by Crippen LogP contribution is -1.99. The van der Waals surface area contributed by atoms with Crippen molar-refractivity contribution in [3.05, 3.63) is 23.9 Å². The maximum atomic E-state index is 5.65. The summed E-state index contributed by atoms with van der Waals surface area (Å²) >= 11 is 4.68. The van der Waals surface area contributed by atoms with E-state index in [1.54, 1.807) is 29.3 Å². The van der Waals surface area contributed by atoms with Crippen molar-refractivity contribution in [1.82, 2.24) is 15.2 Å². The van der Waals surface area contributed by atoms with Crippen molar-refractivity contribution < 1.29 is 0 Å². The fourth-order valence-electron chi connectivity index (χ4n) is 1.07. The van der Waals surface area contributed by atoms with Gasteiger partial charge >= 0.3 is 0 Å². The summed E-state index contributed by atoms with van der Waals surface area (Å²) in [5, 5.41) is 9.04. The van der Waals surface area contributed by atoms with Crippen molar-refractivity contribution in [2.24, 2.45) is 5.73 Å². The summed E-state index contributed by atoms with van der Waals surface area (Å²) in [7, 11) is 0.